The third-order valence-electron chi connectivity index (χ3n) is 6.65. The lowest BCUT2D eigenvalue weighted by atomic mass is 9.66. The number of phenolic OH excluding ortho intramolecular Hbond substituents is 1. The summed E-state index contributed by atoms with van der Waals surface area (Å²) in [4.78, 5) is 12.1. The molecule has 1 saturated carbocycles. The van der Waals surface area contributed by atoms with Gasteiger partial charge in [-0.2, -0.15) is 0 Å². The number of Topliss-reactive ketones (excluding diaryl/α,β-unsaturated/α-hetero) is 1. The lowest BCUT2D eigenvalue weighted by Crippen LogP contribution is -2.47. The van der Waals surface area contributed by atoms with E-state index in [0.717, 1.165) is 29.7 Å². The lowest BCUT2D eigenvalue weighted by Gasteiger charge is -2.47. The first-order valence-electron chi connectivity index (χ1n) is 10.5. The predicted octanol–water partition coefficient (Wildman–Crippen LogP) is 6.39. The molecule has 1 fully saturated rings. The van der Waals surface area contributed by atoms with Gasteiger partial charge in [-0.15, -0.1) is 0 Å². The van der Waals surface area contributed by atoms with E-state index in [0.29, 0.717) is 18.6 Å². The third-order valence-corrected chi connectivity index (χ3v) is 6.65. The molecule has 2 aliphatic rings. The van der Waals surface area contributed by atoms with Crippen molar-refractivity contribution < 1.29 is 14.6 Å². The van der Waals surface area contributed by atoms with E-state index in [9.17, 15) is 9.90 Å². The largest absolute Gasteiger partial charge is 0.507 e. The third kappa shape index (κ3) is 3.93. The Morgan fingerprint density at radius 2 is 2.00 bits per heavy atom. The molecule has 148 valence electrons. The van der Waals surface area contributed by atoms with E-state index in [1.54, 1.807) is 0 Å². The zero-order valence-corrected chi connectivity index (χ0v) is 17.5. The van der Waals surface area contributed by atoms with Crippen LogP contribution in [0.1, 0.15) is 96.6 Å². The van der Waals surface area contributed by atoms with Crippen LogP contribution in [0, 0.1) is 5.92 Å². The molecule has 3 heteroatoms. The van der Waals surface area contributed by atoms with E-state index in [4.69, 9.17) is 4.74 Å². The van der Waals surface area contributed by atoms with E-state index in [-0.39, 0.29) is 23.2 Å². The number of benzene rings is 1. The van der Waals surface area contributed by atoms with Gasteiger partial charge in [0.25, 0.3) is 0 Å². The summed E-state index contributed by atoms with van der Waals surface area (Å²) in [5.41, 5.74) is 4.12. The Kier molecular flexibility index (Phi) is 5.69. The average Bonchev–Trinajstić information content (AvgIpc) is 2.59. The number of ether oxygens (including phenoxy) is 1. The van der Waals surface area contributed by atoms with E-state index in [1.165, 1.54) is 30.4 Å². The van der Waals surface area contributed by atoms with E-state index in [1.807, 2.05) is 6.07 Å². The molecule has 2 unspecified atom stereocenters. The van der Waals surface area contributed by atoms with Crippen LogP contribution in [0.5, 0.6) is 11.5 Å². The standard InChI is InChI=1S/C24H34O3/c1-6-7-8-9-15(2)16(3)17-12-21(26)23-19-14-18(25)10-11-20(19)24(4,5)27-22(23)13-17/h12-13,19-20,26H,6-11,14H2,1-5H3/b16-15+. The Morgan fingerprint density at radius 1 is 1.26 bits per heavy atom. The van der Waals surface area contributed by atoms with Crippen LogP contribution in [0.4, 0.5) is 0 Å². The van der Waals surface area contributed by atoms with Gasteiger partial charge >= 0.3 is 0 Å². The minimum Gasteiger partial charge on any atom is -0.507 e. The monoisotopic (exact) mass is 370 g/mol. The maximum atomic E-state index is 12.1. The number of allylic oxidation sites excluding steroid dienone is 2. The van der Waals surface area contributed by atoms with Gasteiger partial charge in [-0.25, -0.2) is 0 Å². The van der Waals surface area contributed by atoms with Crippen LogP contribution in [0.3, 0.4) is 0 Å². The highest BCUT2D eigenvalue weighted by Crippen LogP contribution is 2.54. The van der Waals surface area contributed by atoms with Gasteiger partial charge in [-0.3, -0.25) is 4.79 Å². The molecule has 1 N–H and O–H groups in total. The Hall–Kier alpha value is -1.77. The second kappa shape index (κ2) is 7.69. The van der Waals surface area contributed by atoms with Crippen molar-refractivity contribution in [3.05, 3.63) is 28.8 Å². The first kappa shape index (κ1) is 20.0. The fourth-order valence-corrected chi connectivity index (χ4v) is 4.86. The van der Waals surface area contributed by atoms with Crippen LogP contribution in [0.25, 0.3) is 5.57 Å². The first-order valence-corrected chi connectivity index (χ1v) is 10.5. The summed E-state index contributed by atoms with van der Waals surface area (Å²) in [5, 5.41) is 10.9. The summed E-state index contributed by atoms with van der Waals surface area (Å²) in [6.45, 7) is 10.8. The Bertz CT molecular complexity index is 757. The van der Waals surface area contributed by atoms with Crippen molar-refractivity contribution in [2.45, 2.75) is 91.1 Å². The van der Waals surface area contributed by atoms with Crippen molar-refractivity contribution >= 4 is 11.4 Å². The second-order valence-corrected chi connectivity index (χ2v) is 8.97. The summed E-state index contributed by atoms with van der Waals surface area (Å²) in [6, 6.07) is 3.94. The van der Waals surface area contributed by atoms with Crippen molar-refractivity contribution in [1.29, 1.82) is 0 Å². The number of rotatable bonds is 5. The van der Waals surface area contributed by atoms with Crippen LogP contribution < -0.4 is 4.74 Å². The second-order valence-electron chi connectivity index (χ2n) is 8.97. The minimum absolute atomic E-state index is 0.0639. The summed E-state index contributed by atoms with van der Waals surface area (Å²) >= 11 is 0. The molecule has 0 amide bonds. The fraction of sp³-hybridized carbons (Fsp3) is 0.625. The van der Waals surface area contributed by atoms with Crippen LogP contribution in [0.2, 0.25) is 0 Å². The number of hydrogen-bond acceptors (Lipinski definition) is 3. The Morgan fingerprint density at radius 3 is 2.70 bits per heavy atom. The van der Waals surface area contributed by atoms with Crippen molar-refractivity contribution in [2.75, 3.05) is 0 Å². The maximum Gasteiger partial charge on any atom is 0.133 e. The van der Waals surface area contributed by atoms with Crippen LogP contribution in [0.15, 0.2) is 17.7 Å². The van der Waals surface area contributed by atoms with E-state index >= 15 is 0 Å². The highest BCUT2D eigenvalue weighted by molar-refractivity contribution is 5.81. The predicted molar refractivity (Wildman–Crippen MR) is 110 cm³/mol. The van der Waals surface area contributed by atoms with Gasteiger partial charge in [0.15, 0.2) is 0 Å². The number of fused-ring (bicyclic) bond motifs is 3. The summed E-state index contributed by atoms with van der Waals surface area (Å²) < 4.78 is 6.38. The molecule has 3 rings (SSSR count). The lowest BCUT2D eigenvalue weighted by molar-refractivity contribution is -0.124. The molecule has 1 aliphatic heterocycles. The van der Waals surface area contributed by atoms with Crippen molar-refractivity contribution in [3.63, 3.8) is 0 Å². The van der Waals surface area contributed by atoms with Crippen LogP contribution in [-0.2, 0) is 4.79 Å². The average molecular weight is 371 g/mol. The quantitative estimate of drug-likeness (QED) is 0.611. The van der Waals surface area contributed by atoms with Gasteiger partial charge in [-0.05, 0) is 70.2 Å². The molecule has 3 nitrogen and oxygen atoms in total. The van der Waals surface area contributed by atoms with Crippen molar-refractivity contribution in [1.82, 2.24) is 0 Å². The molecular formula is C24H34O3. The van der Waals surface area contributed by atoms with Gasteiger partial charge in [0.05, 0.1) is 0 Å². The molecule has 1 heterocycles. The number of phenols is 1. The van der Waals surface area contributed by atoms with Crippen molar-refractivity contribution in [3.8, 4) is 11.5 Å². The van der Waals surface area contributed by atoms with Gasteiger partial charge in [0.1, 0.15) is 22.9 Å². The first-order chi connectivity index (χ1) is 12.7. The molecule has 2 atom stereocenters. The smallest absolute Gasteiger partial charge is 0.133 e. The molecule has 0 radical (unpaired) electrons. The topological polar surface area (TPSA) is 46.5 Å². The molecule has 1 aromatic rings. The molecule has 0 bridgehead atoms. The zero-order valence-electron chi connectivity index (χ0n) is 17.5. The molecular weight excluding hydrogens is 336 g/mol. The normalized spacial score (nSPS) is 24.6. The fourth-order valence-electron chi connectivity index (χ4n) is 4.86. The van der Waals surface area contributed by atoms with Crippen LogP contribution >= 0.6 is 0 Å². The maximum absolute atomic E-state index is 12.1. The molecule has 0 aromatic heterocycles. The number of unbranched alkanes of at least 4 members (excludes halogenated alkanes) is 2. The highest BCUT2D eigenvalue weighted by atomic mass is 16.5. The number of carbonyl (C=O) groups is 1. The van der Waals surface area contributed by atoms with Crippen LogP contribution in [-0.4, -0.2) is 16.5 Å². The molecule has 1 aliphatic carbocycles. The van der Waals surface area contributed by atoms with Gasteiger partial charge in [0, 0.05) is 30.2 Å². The summed E-state index contributed by atoms with van der Waals surface area (Å²) in [5.74, 6) is 1.67. The number of aromatic hydroxyl groups is 1. The summed E-state index contributed by atoms with van der Waals surface area (Å²) in [7, 11) is 0. The molecule has 0 saturated heterocycles. The Balaban J connectivity index is 1.98. The number of carbonyl (C=O) groups excluding carboxylic acids is 1. The minimum atomic E-state index is -0.322. The van der Waals surface area contributed by atoms with Crippen molar-refractivity contribution in [2.24, 2.45) is 5.92 Å². The zero-order chi connectivity index (χ0) is 19.8. The summed E-state index contributed by atoms with van der Waals surface area (Å²) in [6.07, 6.45) is 6.73. The van der Waals surface area contributed by atoms with Gasteiger partial charge in [-0.1, -0.05) is 25.3 Å². The Labute approximate surface area is 163 Å². The van der Waals surface area contributed by atoms with Gasteiger partial charge in [0.2, 0.25) is 0 Å². The highest BCUT2D eigenvalue weighted by Gasteiger charge is 2.47. The molecule has 1 aromatic carbocycles. The van der Waals surface area contributed by atoms with E-state index in [2.05, 4.69) is 40.7 Å². The number of ketones is 1. The SMILES string of the molecule is CCCCC/C(C)=C(\C)c1cc(O)c2c(c1)OC(C)(C)C1CCC(=O)CC21. The van der Waals surface area contributed by atoms with Gasteiger partial charge < -0.3 is 9.84 Å². The van der Waals surface area contributed by atoms with E-state index < -0.39 is 0 Å². The number of hydrogen-bond donors (Lipinski definition) is 1. The molecule has 27 heavy (non-hydrogen) atoms. The molecule has 0 spiro atoms.